The average molecular weight is 282 g/mol. The molecule has 0 saturated heterocycles. The fourth-order valence-electron chi connectivity index (χ4n) is 1.99. The van der Waals surface area contributed by atoms with Gasteiger partial charge >= 0.3 is 6.09 Å². The molecular formula is C13H16ClN3O2. The van der Waals surface area contributed by atoms with Crippen LogP contribution in [0.2, 0.25) is 5.02 Å². The molecule has 0 saturated carbocycles. The summed E-state index contributed by atoms with van der Waals surface area (Å²) in [6.07, 6.45) is -0.493. The van der Waals surface area contributed by atoms with Crippen LogP contribution < -0.4 is 5.32 Å². The third-order valence-corrected chi connectivity index (χ3v) is 3.31. The molecule has 1 atom stereocenters. The Labute approximate surface area is 117 Å². The van der Waals surface area contributed by atoms with E-state index in [1.54, 1.807) is 6.92 Å². The first-order chi connectivity index (χ1) is 9.13. The summed E-state index contributed by atoms with van der Waals surface area (Å²) in [5.41, 5.74) is 0.996. The molecule has 0 bridgehead atoms. The van der Waals surface area contributed by atoms with Gasteiger partial charge in [-0.2, -0.15) is 0 Å². The van der Waals surface area contributed by atoms with Crippen molar-refractivity contribution < 1.29 is 9.53 Å². The quantitative estimate of drug-likeness (QED) is 0.906. The summed E-state index contributed by atoms with van der Waals surface area (Å²) >= 11 is 6.18. The van der Waals surface area contributed by atoms with Gasteiger partial charge in [-0.3, -0.25) is 10.3 Å². The molecule has 0 aliphatic carbocycles. The maximum atomic E-state index is 11.4. The Morgan fingerprint density at radius 1 is 1.58 bits per heavy atom. The highest BCUT2D eigenvalue weighted by atomic mass is 35.5. The second kappa shape index (κ2) is 5.93. The minimum atomic E-state index is -0.493. The van der Waals surface area contributed by atoms with Crippen LogP contribution in [0.3, 0.4) is 0 Å². The van der Waals surface area contributed by atoms with Crippen molar-refractivity contribution in [1.29, 1.82) is 0 Å². The van der Waals surface area contributed by atoms with Crippen LogP contribution in [-0.4, -0.2) is 37.2 Å². The molecule has 1 amide bonds. The minimum absolute atomic E-state index is 0.0330. The summed E-state index contributed by atoms with van der Waals surface area (Å²) in [6.45, 7) is 2.64. The number of alkyl carbamates (subject to hydrolysis) is 1. The average Bonchev–Trinajstić information content (AvgIpc) is 2.72. The largest absolute Gasteiger partial charge is 0.450 e. The number of likely N-dealkylation sites (N-methyl/N-ethyl adjacent to an activating group) is 1. The number of halogens is 1. The van der Waals surface area contributed by atoms with Gasteiger partial charge in [0, 0.05) is 12.1 Å². The monoisotopic (exact) mass is 281 g/mol. The number of carbonyl (C=O) groups is 1. The number of rotatable bonds is 2. The first kappa shape index (κ1) is 13.7. The van der Waals surface area contributed by atoms with Crippen LogP contribution >= 0.6 is 11.6 Å². The molecule has 0 aromatic heterocycles. The maximum absolute atomic E-state index is 11.4. The number of carbonyl (C=O) groups excluding carboxylic acids is 1. The number of hydrogen-bond donors (Lipinski definition) is 1. The van der Waals surface area contributed by atoms with Crippen LogP contribution in [0.4, 0.5) is 4.79 Å². The van der Waals surface area contributed by atoms with Gasteiger partial charge in [-0.05, 0) is 18.6 Å². The van der Waals surface area contributed by atoms with Crippen molar-refractivity contribution in [3.8, 4) is 0 Å². The summed E-state index contributed by atoms with van der Waals surface area (Å²) in [7, 11) is 1.87. The Bertz CT molecular complexity index is 504. The van der Waals surface area contributed by atoms with E-state index in [0.717, 1.165) is 5.56 Å². The number of nitrogens with zero attached hydrogens (tertiary/aromatic N) is 2. The Kier molecular flexibility index (Phi) is 4.27. The molecule has 2 rings (SSSR count). The smallest absolute Gasteiger partial charge is 0.413 e. The van der Waals surface area contributed by atoms with Crippen LogP contribution in [0.1, 0.15) is 18.5 Å². The lowest BCUT2D eigenvalue weighted by molar-refractivity contribution is 0.156. The maximum Gasteiger partial charge on any atom is 0.413 e. The van der Waals surface area contributed by atoms with E-state index in [1.165, 1.54) is 0 Å². The molecule has 1 aromatic carbocycles. The van der Waals surface area contributed by atoms with E-state index in [4.69, 9.17) is 16.3 Å². The number of hydrogen-bond acceptors (Lipinski definition) is 4. The molecule has 0 radical (unpaired) electrons. The number of ether oxygens (including phenoxy) is 1. The van der Waals surface area contributed by atoms with Gasteiger partial charge < -0.3 is 9.64 Å². The highest BCUT2D eigenvalue weighted by Crippen LogP contribution is 2.29. The van der Waals surface area contributed by atoms with Crippen molar-refractivity contribution in [3.05, 3.63) is 34.9 Å². The Balaban J connectivity index is 2.06. The minimum Gasteiger partial charge on any atom is -0.450 e. The fraction of sp³-hybridized carbons (Fsp3) is 0.385. The highest BCUT2D eigenvalue weighted by Gasteiger charge is 2.28. The molecular weight excluding hydrogens is 266 g/mol. The SMILES string of the molecule is CCOC(=O)NC1=NCC(c2ccccc2Cl)N1C. The molecule has 1 aromatic rings. The zero-order chi connectivity index (χ0) is 13.8. The van der Waals surface area contributed by atoms with E-state index in [0.29, 0.717) is 24.1 Å². The summed E-state index contributed by atoms with van der Waals surface area (Å²) in [5.74, 6) is 0.503. The molecule has 0 fully saturated rings. The predicted molar refractivity (Wildman–Crippen MR) is 74.4 cm³/mol. The fourth-order valence-corrected chi connectivity index (χ4v) is 2.25. The van der Waals surface area contributed by atoms with Gasteiger partial charge in [0.05, 0.1) is 19.2 Å². The molecule has 1 N–H and O–H groups in total. The van der Waals surface area contributed by atoms with E-state index in [9.17, 15) is 4.79 Å². The molecule has 102 valence electrons. The lowest BCUT2D eigenvalue weighted by atomic mass is 10.1. The molecule has 1 heterocycles. The standard InChI is InChI=1S/C13H16ClN3O2/c1-3-19-13(18)16-12-15-8-11(17(12)2)9-6-4-5-7-10(9)14/h4-7,11H,3,8H2,1-2H3,(H,15,16,18). The van der Waals surface area contributed by atoms with Gasteiger partial charge in [0.2, 0.25) is 5.96 Å². The Morgan fingerprint density at radius 2 is 2.32 bits per heavy atom. The van der Waals surface area contributed by atoms with E-state index >= 15 is 0 Å². The van der Waals surface area contributed by atoms with Crippen molar-refractivity contribution in [1.82, 2.24) is 10.2 Å². The van der Waals surface area contributed by atoms with Gasteiger partial charge in [-0.15, -0.1) is 0 Å². The first-order valence-electron chi connectivity index (χ1n) is 6.09. The van der Waals surface area contributed by atoms with E-state index < -0.39 is 6.09 Å². The first-order valence-corrected chi connectivity index (χ1v) is 6.46. The Hall–Kier alpha value is -1.75. The summed E-state index contributed by atoms with van der Waals surface area (Å²) < 4.78 is 4.83. The molecule has 19 heavy (non-hydrogen) atoms. The number of benzene rings is 1. The van der Waals surface area contributed by atoms with Crippen LogP contribution in [-0.2, 0) is 4.74 Å². The van der Waals surface area contributed by atoms with Crippen molar-refractivity contribution >= 4 is 23.7 Å². The number of guanidine groups is 1. The van der Waals surface area contributed by atoms with Crippen molar-refractivity contribution in [3.63, 3.8) is 0 Å². The second-order valence-corrected chi connectivity index (χ2v) is 4.57. The molecule has 1 unspecified atom stereocenters. The summed E-state index contributed by atoms with van der Waals surface area (Å²) in [6, 6.07) is 7.67. The molecule has 6 heteroatoms. The van der Waals surface area contributed by atoms with E-state index in [-0.39, 0.29) is 6.04 Å². The van der Waals surface area contributed by atoms with Crippen LogP contribution in [0.15, 0.2) is 29.3 Å². The molecule has 0 spiro atoms. The molecule has 1 aliphatic heterocycles. The van der Waals surface area contributed by atoms with Gasteiger partial charge in [0.1, 0.15) is 0 Å². The zero-order valence-corrected chi connectivity index (χ0v) is 11.6. The van der Waals surface area contributed by atoms with Gasteiger partial charge in [0.15, 0.2) is 0 Å². The van der Waals surface area contributed by atoms with E-state index in [1.807, 2.05) is 36.2 Å². The highest BCUT2D eigenvalue weighted by molar-refractivity contribution is 6.31. The molecule has 5 nitrogen and oxygen atoms in total. The number of aliphatic imine (C=N–C) groups is 1. The van der Waals surface area contributed by atoms with Crippen LogP contribution in [0.25, 0.3) is 0 Å². The third kappa shape index (κ3) is 2.98. The van der Waals surface area contributed by atoms with Crippen molar-refractivity contribution in [2.75, 3.05) is 20.2 Å². The van der Waals surface area contributed by atoms with Gasteiger partial charge in [-0.1, -0.05) is 29.8 Å². The van der Waals surface area contributed by atoms with Crippen molar-refractivity contribution in [2.45, 2.75) is 13.0 Å². The summed E-state index contributed by atoms with van der Waals surface area (Å²) in [4.78, 5) is 17.6. The topological polar surface area (TPSA) is 53.9 Å². The zero-order valence-electron chi connectivity index (χ0n) is 10.9. The summed E-state index contributed by atoms with van der Waals surface area (Å²) in [5, 5.41) is 3.32. The molecule has 1 aliphatic rings. The third-order valence-electron chi connectivity index (χ3n) is 2.97. The van der Waals surface area contributed by atoms with Crippen LogP contribution in [0, 0.1) is 0 Å². The second-order valence-electron chi connectivity index (χ2n) is 4.16. The van der Waals surface area contributed by atoms with Crippen molar-refractivity contribution in [2.24, 2.45) is 4.99 Å². The predicted octanol–water partition coefficient (Wildman–Crippen LogP) is 2.43. The lowest BCUT2D eigenvalue weighted by Gasteiger charge is -2.24. The lowest BCUT2D eigenvalue weighted by Crippen LogP contribution is -2.40. The number of nitrogens with one attached hydrogen (secondary N) is 1. The van der Waals surface area contributed by atoms with Crippen LogP contribution in [0.5, 0.6) is 0 Å². The van der Waals surface area contributed by atoms with E-state index in [2.05, 4.69) is 10.3 Å². The Morgan fingerprint density at radius 3 is 3.00 bits per heavy atom. The normalized spacial score (nSPS) is 18.2. The van der Waals surface area contributed by atoms with Gasteiger partial charge in [0.25, 0.3) is 0 Å². The number of amides is 1. The van der Waals surface area contributed by atoms with Gasteiger partial charge in [-0.25, -0.2) is 4.79 Å².